The number of halogens is 2. The molecule has 0 bridgehead atoms. The molecule has 0 unspecified atom stereocenters. The van der Waals surface area contributed by atoms with Crippen LogP contribution in [0.25, 0.3) is 0 Å². The lowest BCUT2D eigenvalue weighted by molar-refractivity contribution is -0.385. The molecule has 154 valence electrons. The fourth-order valence-corrected chi connectivity index (χ4v) is 4.11. The van der Waals surface area contributed by atoms with E-state index in [0.29, 0.717) is 10.6 Å². The van der Waals surface area contributed by atoms with Gasteiger partial charge in [-0.2, -0.15) is 5.10 Å². The summed E-state index contributed by atoms with van der Waals surface area (Å²) >= 11 is 12.1. The van der Waals surface area contributed by atoms with E-state index < -0.39 is 20.6 Å². The van der Waals surface area contributed by atoms with Crippen LogP contribution < -0.4 is 10.1 Å². The molecule has 8 nitrogen and oxygen atoms in total. The topological polar surface area (TPSA) is 114 Å². The van der Waals surface area contributed by atoms with E-state index in [1.807, 2.05) is 0 Å². The fourth-order valence-electron chi connectivity index (χ4n) is 2.43. The normalized spacial score (nSPS) is 11.4. The van der Waals surface area contributed by atoms with Gasteiger partial charge in [0.15, 0.2) is 0 Å². The molecule has 3 rings (SSSR count). The van der Waals surface area contributed by atoms with Gasteiger partial charge < -0.3 is 0 Å². The zero-order valence-corrected chi connectivity index (χ0v) is 17.4. The highest BCUT2D eigenvalue weighted by Gasteiger charge is 2.23. The van der Waals surface area contributed by atoms with Crippen LogP contribution in [0, 0.1) is 10.1 Å². The number of anilines is 2. The molecule has 0 saturated carbocycles. The van der Waals surface area contributed by atoms with E-state index >= 15 is 0 Å². The minimum absolute atomic E-state index is 0.0310. The fraction of sp³-hybridized carbons (Fsp3) is 0. The SMILES string of the molecule is O=[N+]([O-])c1ccc(NN=Cc2ccccc2Cl)c(S(=O)(=O)Nc2ccccc2Cl)c1. The van der Waals surface area contributed by atoms with E-state index in [9.17, 15) is 18.5 Å². The third kappa shape index (κ3) is 5.07. The van der Waals surface area contributed by atoms with Crippen molar-refractivity contribution in [2.24, 2.45) is 5.10 Å². The molecule has 0 aromatic heterocycles. The molecule has 0 amide bonds. The number of nitro groups is 1. The highest BCUT2D eigenvalue weighted by atomic mass is 35.5. The Morgan fingerprint density at radius 1 is 0.933 bits per heavy atom. The van der Waals surface area contributed by atoms with Crippen LogP contribution in [0.1, 0.15) is 5.56 Å². The molecular weight excluding hydrogens is 451 g/mol. The van der Waals surface area contributed by atoms with Gasteiger partial charge in [-0.25, -0.2) is 8.42 Å². The molecule has 11 heteroatoms. The van der Waals surface area contributed by atoms with Crippen LogP contribution in [0.3, 0.4) is 0 Å². The molecule has 0 aliphatic rings. The summed E-state index contributed by atoms with van der Waals surface area (Å²) in [6.07, 6.45) is 1.40. The van der Waals surface area contributed by atoms with E-state index in [-0.39, 0.29) is 21.3 Å². The van der Waals surface area contributed by atoms with Crippen molar-refractivity contribution in [2.45, 2.75) is 4.90 Å². The molecular formula is C19H14Cl2N4O4S. The molecule has 3 aromatic rings. The Balaban J connectivity index is 1.97. The highest BCUT2D eigenvalue weighted by molar-refractivity contribution is 7.93. The van der Waals surface area contributed by atoms with E-state index in [2.05, 4.69) is 15.2 Å². The molecule has 0 saturated heterocycles. The summed E-state index contributed by atoms with van der Waals surface area (Å²) in [4.78, 5) is 10.1. The van der Waals surface area contributed by atoms with Crippen molar-refractivity contribution in [2.75, 3.05) is 10.1 Å². The lowest BCUT2D eigenvalue weighted by Gasteiger charge is -2.13. The largest absolute Gasteiger partial charge is 0.278 e. The third-order valence-corrected chi connectivity index (χ3v) is 5.96. The van der Waals surface area contributed by atoms with Crippen LogP contribution in [0.5, 0.6) is 0 Å². The van der Waals surface area contributed by atoms with Gasteiger partial charge >= 0.3 is 0 Å². The summed E-state index contributed by atoms with van der Waals surface area (Å²) in [5.74, 6) is 0. The maximum Gasteiger partial charge on any atom is 0.270 e. The monoisotopic (exact) mass is 464 g/mol. The zero-order valence-electron chi connectivity index (χ0n) is 15.1. The Bertz CT molecular complexity index is 1230. The van der Waals surface area contributed by atoms with Crippen molar-refractivity contribution in [1.82, 2.24) is 0 Å². The maximum absolute atomic E-state index is 12.9. The Kier molecular flexibility index (Phi) is 6.56. The first-order chi connectivity index (χ1) is 14.3. The number of hydrogen-bond donors (Lipinski definition) is 2. The first kappa shape index (κ1) is 21.6. The van der Waals surface area contributed by atoms with Gasteiger partial charge in [0.25, 0.3) is 15.7 Å². The lowest BCUT2D eigenvalue weighted by Crippen LogP contribution is -2.15. The maximum atomic E-state index is 12.9. The van der Waals surface area contributed by atoms with Crippen molar-refractivity contribution in [3.8, 4) is 0 Å². The summed E-state index contributed by atoms with van der Waals surface area (Å²) in [5.41, 5.74) is 2.97. The molecule has 0 radical (unpaired) electrons. The first-order valence-corrected chi connectivity index (χ1v) is 10.6. The number of non-ortho nitro benzene ring substituents is 1. The lowest BCUT2D eigenvalue weighted by atomic mass is 10.2. The predicted octanol–water partition coefficient (Wildman–Crippen LogP) is 5.15. The number of hydrazone groups is 1. The number of nitro benzene ring substituents is 1. The number of nitrogens with one attached hydrogen (secondary N) is 2. The Morgan fingerprint density at radius 3 is 2.27 bits per heavy atom. The van der Waals surface area contributed by atoms with Gasteiger partial charge in [-0.3, -0.25) is 20.3 Å². The standard InChI is InChI=1S/C19H14Cl2N4O4S/c20-15-6-2-1-5-13(15)12-22-23-18-10-9-14(25(26)27)11-19(18)30(28,29)24-17-8-4-3-7-16(17)21/h1-12,23-24H. The number of nitrogens with zero attached hydrogens (tertiary/aromatic N) is 2. The number of hydrogen-bond acceptors (Lipinski definition) is 6. The first-order valence-electron chi connectivity index (χ1n) is 8.37. The highest BCUT2D eigenvalue weighted by Crippen LogP contribution is 2.30. The zero-order chi connectivity index (χ0) is 21.7. The van der Waals surface area contributed by atoms with Crippen molar-refractivity contribution >= 4 is 56.5 Å². The second kappa shape index (κ2) is 9.12. The van der Waals surface area contributed by atoms with Gasteiger partial charge in [-0.05, 0) is 24.3 Å². The van der Waals surface area contributed by atoms with Crippen LogP contribution >= 0.6 is 23.2 Å². The number of para-hydroxylation sites is 1. The van der Waals surface area contributed by atoms with Gasteiger partial charge in [-0.1, -0.05) is 53.5 Å². The molecule has 0 aliphatic carbocycles. The molecule has 0 heterocycles. The Hall–Kier alpha value is -3.14. The molecule has 0 spiro atoms. The quantitative estimate of drug-likeness (QED) is 0.285. The van der Waals surface area contributed by atoms with Gasteiger partial charge in [0.05, 0.1) is 27.5 Å². The van der Waals surface area contributed by atoms with Crippen LogP contribution in [0.4, 0.5) is 17.1 Å². The molecule has 3 aromatic carbocycles. The van der Waals surface area contributed by atoms with Crippen molar-refractivity contribution in [1.29, 1.82) is 0 Å². The van der Waals surface area contributed by atoms with E-state index in [1.165, 1.54) is 30.5 Å². The van der Waals surface area contributed by atoms with E-state index in [1.54, 1.807) is 36.4 Å². The van der Waals surface area contributed by atoms with E-state index in [4.69, 9.17) is 23.2 Å². The van der Waals surface area contributed by atoms with Crippen molar-refractivity contribution in [3.05, 3.63) is 92.5 Å². The van der Waals surface area contributed by atoms with Gasteiger partial charge in [0.2, 0.25) is 0 Å². The molecule has 30 heavy (non-hydrogen) atoms. The van der Waals surface area contributed by atoms with Gasteiger partial charge in [0, 0.05) is 22.7 Å². The minimum atomic E-state index is -4.23. The number of sulfonamides is 1. The second-order valence-electron chi connectivity index (χ2n) is 5.91. The predicted molar refractivity (Wildman–Crippen MR) is 118 cm³/mol. The minimum Gasteiger partial charge on any atom is -0.278 e. The summed E-state index contributed by atoms with van der Waals surface area (Å²) < 4.78 is 28.2. The number of rotatable bonds is 7. The smallest absolute Gasteiger partial charge is 0.270 e. The summed E-state index contributed by atoms with van der Waals surface area (Å²) in [7, 11) is -4.23. The third-order valence-electron chi connectivity index (χ3n) is 3.88. The van der Waals surface area contributed by atoms with Crippen molar-refractivity contribution < 1.29 is 13.3 Å². The van der Waals surface area contributed by atoms with Crippen LogP contribution in [0.15, 0.2) is 76.7 Å². The van der Waals surface area contributed by atoms with Crippen LogP contribution in [-0.2, 0) is 10.0 Å². The Morgan fingerprint density at radius 2 is 1.60 bits per heavy atom. The summed E-state index contributed by atoms with van der Waals surface area (Å²) in [5, 5.41) is 15.8. The van der Waals surface area contributed by atoms with E-state index in [0.717, 1.165) is 6.07 Å². The van der Waals surface area contributed by atoms with Gasteiger partial charge in [0.1, 0.15) is 4.90 Å². The summed E-state index contributed by atoms with van der Waals surface area (Å²) in [6, 6.07) is 16.5. The Labute approximate surface area is 182 Å². The van der Waals surface area contributed by atoms with Crippen LogP contribution in [0.2, 0.25) is 10.0 Å². The molecule has 0 aliphatic heterocycles. The summed E-state index contributed by atoms with van der Waals surface area (Å²) in [6.45, 7) is 0. The second-order valence-corrected chi connectivity index (χ2v) is 8.38. The molecule has 2 N–H and O–H groups in total. The average molecular weight is 465 g/mol. The van der Waals surface area contributed by atoms with Crippen molar-refractivity contribution in [3.63, 3.8) is 0 Å². The van der Waals surface area contributed by atoms with Gasteiger partial charge in [-0.15, -0.1) is 0 Å². The molecule has 0 atom stereocenters. The molecule has 0 fully saturated rings. The van der Waals surface area contributed by atoms with Crippen LogP contribution in [-0.4, -0.2) is 19.6 Å². The number of benzene rings is 3. The average Bonchev–Trinajstić information content (AvgIpc) is 2.71.